The summed E-state index contributed by atoms with van der Waals surface area (Å²) in [5.74, 6) is -0.196. The lowest BCUT2D eigenvalue weighted by atomic mass is 10.0. The van der Waals surface area contributed by atoms with Gasteiger partial charge in [0.15, 0.2) is 0 Å². The van der Waals surface area contributed by atoms with E-state index in [0.717, 1.165) is 25.8 Å². The van der Waals surface area contributed by atoms with E-state index >= 15 is 0 Å². The van der Waals surface area contributed by atoms with Crippen LogP contribution in [0.2, 0.25) is 0 Å². The molecular weight excluding hydrogens is 230 g/mol. The number of hydrogen-bond donors (Lipinski definition) is 1. The number of hydrogen-bond acceptors (Lipinski definition) is 4. The third kappa shape index (κ3) is 4.94. The van der Waals surface area contributed by atoms with Crippen LogP contribution in [0.1, 0.15) is 51.4 Å². The molecule has 2 rings (SSSR count). The molecule has 1 saturated heterocycles. The first-order chi connectivity index (χ1) is 8.84. The first kappa shape index (κ1) is 13.8. The Morgan fingerprint density at radius 3 is 2.61 bits per heavy atom. The molecule has 1 heterocycles. The van der Waals surface area contributed by atoms with Crippen LogP contribution >= 0.6 is 0 Å². The van der Waals surface area contributed by atoms with Crippen molar-refractivity contribution < 1.29 is 14.3 Å². The third-order valence-corrected chi connectivity index (χ3v) is 3.84. The monoisotopic (exact) mass is 255 g/mol. The number of carbonyl (C=O) groups is 1. The molecule has 1 saturated carbocycles. The molecule has 0 aromatic carbocycles. The first-order valence-corrected chi connectivity index (χ1v) is 7.35. The Balaban J connectivity index is 1.47. The molecule has 0 radical (unpaired) electrons. The summed E-state index contributed by atoms with van der Waals surface area (Å²) < 4.78 is 10.7. The van der Waals surface area contributed by atoms with E-state index < -0.39 is 0 Å². The summed E-state index contributed by atoms with van der Waals surface area (Å²) in [4.78, 5) is 11.5. The average Bonchev–Trinajstić information content (AvgIpc) is 2.89. The second kappa shape index (κ2) is 7.74. The number of ether oxygens (including phenoxy) is 2. The van der Waals surface area contributed by atoms with Crippen LogP contribution in [0.25, 0.3) is 0 Å². The Bertz CT molecular complexity index is 245. The first-order valence-electron chi connectivity index (χ1n) is 7.35. The van der Waals surface area contributed by atoms with E-state index in [1.54, 1.807) is 0 Å². The Morgan fingerprint density at radius 1 is 1.11 bits per heavy atom. The van der Waals surface area contributed by atoms with Crippen LogP contribution in [0.4, 0.5) is 0 Å². The molecule has 1 atom stereocenters. The zero-order valence-corrected chi connectivity index (χ0v) is 11.2. The maximum absolute atomic E-state index is 11.5. The van der Waals surface area contributed by atoms with Gasteiger partial charge in [-0.1, -0.05) is 6.42 Å². The number of rotatable bonds is 6. The van der Waals surface area contributed by atoms with Gasteiger partial charge in [-0.3, -0.25) is 0 Å². The topological polar surface area (TPSA) is 47.6 Å². The van der Waals surface area contributed by atoms with E-state index in [2.05, 4.69) is 5.32 Å². The van der Waals surface area contributed by atoms with Gasteiger partial charge in [0.1, 0.15) is 12.7 Å². The van der Waals surface area contributed by atoms with Gasteiger partial charge < -0.3 is 14.8 Å². The van der Waals surface area contributed by atoms with Crippen LogP contribution in [0.5, 0.6) is 0 Å². The van der Waals surface area contributed by atoms with Crippen molar-refractivity contribution in [3.05, 3.63) is 0 Å². The highest BCUT2D eigenvalue weighted by Crippen LogP contribution is 2.20. The summed E-state index contributed by atoms with van der Waals surface area (Å²) in [5, 5.41) is 3.47. The molecule has 0 spiro atoms. The minimum Gasteiger partial charge on any atom is -0.461 e. The Hall–Kier alpha value is -0.610. The summed E-state index contributed by atoms with van der Waals surface area (Å²) in [6, 6.07) is 0.574. The largest absolute Gasteiger partial charge is 0.461 e. The zero-order chi connectivity index (χ0) is 12.6. The summed E-state index contributed by atoms with van der Waals surface area (Å²) >= 11 is 0. The van der Waals surface area contributed by atoms with E-state index in [9.17, 15) is 4.79 Å². The van der Waals surface area contributed by atoms with E-state index in [0.29, 0.717) is 12.6 Å². The molecule has 18 heavy (non-hydrogen) atoms. The van der Waals surface area contributed by atoms with Gasteiger partial charge in [0, 0.05) is 12.6 Å². The van der Waals surface area contributed by atoms with E-state index in [-0.39, 0.29) is 18.7 Å². The van der Waals surface area contributed by atoms with Crippen LogP contribution in [0, 0.1) is 0 Å². The van der Waals surface area contributed by atoms with Gasteiger partial charge in [0.25, 0.3) is 0 Å². The summed E-state index contributed by atoms with van der Waals surface area (Å²) in [7, 11) is 0. The fraction of sp³-hybridized carbons (Fsp3) is 0.929. The summed E-state index contributed by atoms with van der Waals surface area (Å²) in [5.41, 5.74) is 0. The predicted octanol–water partition coefficient (Wildman–Crippen LogP) is 2.02. The number of piperidine rings is 1. The van der Waals surface area contributed by atoms with E-state index in [1.807, 2.05) is 0 Å². The molecule has 0 aromatic heterocycles. The highest BCUT2D eigenvalue weighted by atomic mass is 16.6. The molecular formula is C14H25NO3. The van der Waals surface area contributed by atoms with Crippen LogP contribution < -0.4 is 5.32 Å². The molecule has 1 N–H and O–H groups in total. The molecule has 2 aliphatic rings. The Labute approximate surface area is 109 Å². The number of nitrogens with one attached hydrogen (secondary N) is 1. The fourth-order valence-corrected chi connectivity index (χ4v) is 2.78. The van der Waals surface area contributed by atoms with Gasteiger partial charge in [0.05, 0.1) is 0 Å². The number of esters is 1. The standard InChI is InChI=1S/C14H25NO3/c16-14(18-13-6-1-2-7-13)11-17-10-8-12-5-3-4-9-15-12/h12-13,15H,1-11H2. The maximum Gasteiger partial charge on any atom is 0.332 e. The lowest BCUT2D eigenvalue weighted by Crippen LogP contribution is -2.35. The van der Waals surface area contributed by atoms with Gasteiger partial charge in [-0.25, -0.2) is 4.79 Å². The van der Waals surface area contributed by atoms with Crippen molar-refractivity contribution in [2.45, 2.75) is 63.5 Å². The van der Waals surface area contributed by atoms with Crippen molar-refractivity contribution in [1.29, 1.82) is 0 Å². The van der Waals surface area contributed by atoms with Gasteiger partial charge in [0.2, 0.25) is 0 Å². The van der Waals surface area contributed by atoms with Crippen molar-refractivity contribution in [2.24, 2.45) is 0 Å². The van der Waals surface area contributed by atoms with Crippen LogP contribution in [-0.2, 0) is 14.3 Å². The molecule has 4 heteroatoms. The molecule has 0 aromatic rings. The van der Waals surface area contributed by atoms with Crippen molar-refractivity contribution >= 4 is 5.97 Å². The van der Waals surface area contributed by atoms with Crippen LogP contribution in [0.15, 0.2) is 0 Å². The van der Waals surface area contributed by atoms with Crippen molar-refractivity contribution in [3.8, 4) is 0 Å². The molecule has 4 nitrogen and oxygen atoms in total. The fourth-order valence-electron chi connectivity index (χ4n) is 2.78. The molecule has 1 aliphatic heterocycles. The van der Waals surface area contributed by atoms with Crippen molar-refractivity contribution in [3.63, 3.8) is 0 Å². The van der Waals surface area contributed by atoms with Gasteiger partial charge >= 0.3 is 5.97 Å². The molecule has 104 valence electrons. The quantitative estimate of drug-likeness (QED) is 0.582. The molecule has 0 bridgehead atoms. The lowest BCUT2D eigenvalue weighted by Gasteiger charge is -2.23. The minimum absolute atomic E-state index is 0.114. The Morgan fingerprint density at radius 2 is 1.89 bits per heavy atom. The molecule has 1 unspecified atom stereocenters. The second-order valence-electron chi connectivity index (χ2n) is 5.38. The lowest BCUT2D eigenvalue weighted by molar-refractivity contribution is -0.154. The second-order valence-corrected chi connectivity index (χ2v) is 5.38. The SMILES string of the molecule is O=C(COCCC1CCCCN1)OC1CCCC1. The smallest absolute Gasteiger partial charge is 0.332 e. The zero-order valence-electron chi connectivity index (χ0n) is 11.2. The van der Waals surface area contributed by atoms with Crippen molar-refractivity contribution in [2.75, 3.05) is 19.8 Å². The summed E-state index contributed by atoms with van der Waals surface area (Å²) in [6.45, 7) is 1.88. The average molecular weight is 255 g/mol. The highest BCUT2D eigenvalue weighted by Gasteiger charge is 2.19. The number of carbonyl (C=O) groups excluding carboxylic acids is 1. The van der Waals surface area contributed by atoms with Crippen LogP contribution in [-0.4, -0.2) is 37.9 Å². The maximum atomic E-state index is 11.5. The van der Waals surface area contributed by atoms with Gasteiger partial charge in [-0.2, -0.15) is 0 Å². The highest BCUT2D eigenvalue weighted by molar-refractivity contribution is 5.70. The van der Waals surface area contributed by atoms with E-state index in [4.69, 9.17) is 9.47 Å². The minimum atomic E-state index is -0.196. The molecule has 0 amide bonds. The summed E-state index contributed by atoms with van der Waals surface area (Å²) in [6.07, 6.45) is 9.40. The molecule has 1 aliphatic carbocycles. The third-order valence-electron chi connectivity index (χ3n) is 3.84. The van der Waals surface area contributed by atoms with Gasteiger partial charge in [-0.05, 0) is 51.5 Å². The van der Waals surface area contributed by atoms with Gasteiger partial charge in [-0.15, -0.1) is 0 Å². The predicted molar refractivity (Wildman–Crippen MR) is 69.4 cm³/mol. The van der Waals surface area contributed by atoms with Crippen LogP contribution in [0.3, 0.4) is 0 Å². The molecule has 2 fully saturated rings. The Kier molecular flexibility index (Phi) is 5.94. The van der Waals surface area contributed by atoms with Crippen molar-refractivity contribution in [1.82, 2.24) is 5.32 Å². The normalized spacial score (nSPS) is 25.2. The van der Waals surface area contributed by atoms with E-state index in [1.165, 1.54) is 32.1 Å².